The minimum absolute atomic E-state index is 0.0627. The van der Waals surface area contributed by atoms with Gasteiger partial charge >= 0.3 is 0 Å². The van der Waals surface area contributed by atoms with Crippen molar-refractivity contribution in [2.45, 2.75) is 20.4 Å². The number of carbonyl (C=O) groups is 1. The highest BCUT2D eigenvalue weighted by atomic mass is 32.1. The SMILES string of the molecule is Cc1ccc(C)c(NC(=O)CN2CCN(Cc3nc(-c4cccs4)cs3)CC2)c1. The van der Waals surface area contributed by atoms with Crippen LogP contribution in [0.15, 0.2) is 41.1 Å². The first-order valence-electron chi connectivity index (χ1n) is 9.87. The van der Waals surface area contributed by atoms with Crippen LogP contribution in [0, 0.1) is 13.8 Å². The molecule has 3 heterocycles. The van der Waals surface area contributed by atoms with Gasteiger partial charge in [0.05, 0.1) is 23.7 Å². The number of aromatic nitrogens is 1. The molecule has 1 amide bonds. The first-order chi connectivity index (χ1) is 14.1. The summed E-state index contributed by atoms with van der Waals surface area (Å²) < 4.78 is 0. The van der Waals surface area contributed by atoms with E-state index in [1.54, 1.807) is 22.7 Å². The summed E-state index contributed by atoms with van der Waals surface area (Å²) in [7, 11) is 0. The van der Waals surface area contributed by atoms with Crippen LogP contribution >= 0.6 is 22.7 Å². The molecule has 1 aromatic carbocycles. The maximum atomic E-state index is 12.5. The second kappa shape index (κ2) is 9.17. The van der Waals surface area contributed by atoms with Gasteiger partial charge in [0.1, 0.15) is 5.01 Å². The second-order valence-electron chi connectivity index (χ2n) is 7.52. The number of nitrogens with zero attached hydrogens (tertiary/aromatic N) is 3. The molecule has 1 N–H and O–H groups in total. The smallest absolute Gasteiger partial charge is 0.238 e. The van der Waals surface area contributed by atoms with Gasteiger partial charge in [-0.15, -0.1) is 22.7 Å². The third-order valence-electron chi connectivity index (χ3n) is 5.18. The second-order valence-corrected chi connectivity index (χ2v) is 9.41. The minimum atomic E-state index is 0.0627. The molecule has 0 atom stereocenters. The van der Waals surface area contributed by atoms with E-state index < -0.39 is 0 Å². The van der Waals surface area contributed by atoms with Crippen LogP contribution < -0.4 is 5.32 Å². The fraction of sp³-hybridized carbons (Fsp3) is 0.364. The molecule has 4 rings (SSSR count). The van der Waals surface area contributed by atoms with Gasteiger partial charge < -0.3 is 5.32 Å². The number of hydrogen-bond donors (Lipinski definition) is 1. The van der Waals surface area contributed by atoms with Gasteiger partial charge in [-0.1, -0.05) is 18.2 Å². The average molecular weight is 427 g/mol. The van der Waals surface area contributed by atoms with Crippen molar-refractivity contribution in [2.75, 3.05) is 38.0 Å². The summed E-state index contributed by atoms with van der Waals surface area (Å²) in [5.74, 6) is 0.0627. The van der Waals surface area contributed by atoms with E-state index in [2.05, 4.69) is 44.1 Å². The van der Waals surface area contributed by atoms with E-state index in [1.807, 2.05) is 26.0 Å². The lowest BCUT2D eigenvalue weighted by Gasteiger charge is -2.33. The largest absolute Gasteiger partial charge is 0.325 e. The van der Waals surface area contributed by atoms with E-state index in [9.17, 15) is 4.79 Å². The molecule has 0 bridgehead atoms. The highest BCUT2D eigenvalue weighted by Crippen LogP contribution is 2.26. The lowest BCUT2D eigenvalue weighted by Crippen LogP contribution is -2.48. The molecule has 0 spiro atoms. The van der Waals surface area contributed by atoms with E-state index in [0.29, 0.717) is 6.54 Å². The standard InChI is InChI=1S/C22H26N4OS2/c1-16-5-6-17(2)18(12-16)23-21(27)13-25-7-9-26(10-8-25)14-22-24-19(15-29-22)20-4-3-11-28-20/h3-6,11-12,15H,7-10,13-14H2,1-2H3,(H,23,27). The number of anilines is 1. The predicted molar refractivity (Wildman–Crippen MR) is 122 cm³/mol. The molecule has 1 saturated heterocycles. The van der Waals surface area contributed by atoms with Crippen LogP contribution in [-0.2, 0) is 11.3 Å². The number of carbonyl (C=O) groups excluding carboxylic acids is 1. The molecule has 152 valence electrons. The fourth-order valence-corrected chi connectivity index (χ4v) is 5.08. The van der Waals surface area contributed by atoms with Crippen LogP contribution in [0.5, 0.6) is 0 Å². The molecule has 1 aliphatic rings. The monoisotopic (exact) mass is 426 g/mol. The zero-order chi connectivity index (χ0) is 20.2. The number of thiophene rings is 1. The van der Waals surface area contributed by atoms with E-state index >= 15 is 0 Å². The first kappa shape index (κ1) is 20.2. The summed E-state index contributed by atoms with van der Waals surface area (Å²) in [6.07, 6.45) is 0. The van der Waals surface area contributed by atoms with Crippen molar-refractivity contribution in [3.63, 3.8) is 0 Å². The third-order valence-corrected chi connectivity index (χ3v) is 6.91. The molecule has 29 heavy (non-hydrogen) atoms. The van der Waals surface area contributed by atoms with Gasteiger partial charge in [0.25, 0.3) is 0 Å². The summed E-state index contributed by atoms with van der Waals surface area (Å²) in [4.78, 5) is 23.1. The van der Waals surface area contributed by atoms with Crippen molar-refractivity contribution in [1.29, 1.82) is 0 Å². The number of amides is 1. The van der Waals surface area contributed by atoms with Crippen molar-refractivity contribution >= 4 is 34.3 Å². The molecule has 7 heteroatoms. The number of piperazine rings is 1. The van der Waals surface area contributed by atoms with Crippen LogP contribution in [0.2, 0.25) is 0 Å². The summed E-state index contributed by atoms with van der Waals surface area (Å²) in [6.45, 7) is 9.14. The number of rotatable bonds is 6. The lowest BCUT2D eigenvalue weighted by atomic mass is 10.1. The Bertz CT molecular complexity index is 959. The van der Waals surface area contributed by atoms with E-state index in [0.717, 1.165) is 60.2 Å². The number of nitrogens with one attached hydrogen (secondary N) is 1. The summed E-state index contributed by atoms with van der Waals surface area (Å²) in [5.41, 5.74) is 4.25. The van der Waals surface area contributed by atoms with Crippen molar-refractivity contribution in [2.24, 2.45) is 0 Å². The van der Waals surface area contributed by atoms with Gasteiger partial charge in [0, 0.05) is 37.2 Å². The van der Waals surface area contributed by atoms with Gasteiger partial charge in [-0.05, 0) is 42.5 Å². The van der Waals surface area contributed by atoms with Crippen LogP contribution in [0.4, 0.5) is 5.69 Å². The average Bonchev–Trinajstić information content (AvgIpc) is 3.38. The number of thiazole rings is 1. The molecule has 0 aliphatic carbocycles. The van der Waals surface area contributed by atoms with Crippen molar-refractivity contribution in [3.8, 4) is 10.6 Å². The van der Waals surface area contributed by atoms with Gasteiger partial charge in [0.2, 0.25) is 5.91 Å². The number of benzene rings is 1. The van der Waals surface area contributed by atoms with Crippen LogP contribution in [-0.4, -0.2) is 53.4 Å². The fourth-order valence-electron chi connectivity index (χ4n) is 3.48. The highest BCUT2D eigenvalue weighted by Gasteiger charge is 2.20. The van der Waals surface area contributed by atoms with Crippen LogP contribution in [0.1, 0.15) is 16.1 Å². The lowest BCUT2D eigenvalue weighted by molar-refractivity contribution is -0.117. The molecule has 1 fully saturated rings. The van der Waals surface area contributed by atoms with Crippen LogP contribution in [0.3, 0.4) is 0 Å². The minimum Gasteiger partial charge on any atom is -0.325 e. The molecule has 3 aromatic rings. The molecule has 0 saturated carbocycles. The highest BCUT2D eigenvalue weighted by molar-refractivity contribution is 7.14. The van der Waals surface area contributed by atoms with Crippen molar-refractivity contribution < 1.29 is 4.79 Å². The number of aryl methyl sites for hydroxylation is 2. The Morgan fingerprint density at radius 3 is 2.66 bits per heavy atom. The normalized spacial score (nSPS) is 15.5. The Morgan fingerprint density at radius 1 is 1.10 bits per heavy atom. The summed E-state index contributed by atoms with van der Waals surface area (Å²) >= 11 is 3.46. The van der Waals surface area contributed by atoms with Crippen molar-refractivity contribution in [1.82, 2.24) is 14.8 Å². The molecule has 0 unspecified atom stereocenters. The molecular weight excluding hydrogens is 400 g/mol. The maximum Gasteiger partial charge on any atom is 0.238 e. The molecule has 0 radical (unpaired) electrons. The van der Waals surface area contributed by atoms with Gasteiger partial charge in [-0.3, -0.25) is 14.6 Å². The summed E-state index contributed by atoms with van der Waals surface area (Å²) in [6, 6.07) is 10.3. The van der Waals surface area contributed by atoms with Gasteiger partial charge in [0.15, 0.2) is 0 Å². The number of hydrogen-bond acceptors (Lipinski definition) is 6. The quantitative estimate of drug-likeness (QED) is 0.640. The van der Waals surface area contributed by atoms with Crippen LogP contribution in [0.25, 0.3) is 10.6 Å². The zero-order valence-electron chi connectivity index (χ0n) is 16.9. The topological polar surface area (TPSA) is 48.5 Å². The van der Waals surface area contributed by atoms with Gasteiger partial charge in [-0.2, -0.15) is 0 Å². The zero-order valence-corrected chi connectivity index (χ0v) is 18.5. The predicted octanol–water partition coefficient (Wildman–Crippen LogP) is 4.24. The van der Waals surface area contributed by atoms with Gasteiger partial charge in [-0.25, -0.2) is 4.98 Å². The molecule has 1 aliphatic heterocycles. The molecule has 5 nitrogen and oxygen atoms in total. The van der Waals surface area contributed by atoms with E-state index in [4.69, 9.17) is 4.98 Å². The van der Waals surface area contributed by atoms with Crippen molar-refractivity contribution in [3.05, 3.63) is 57.2 Å². The third kappa shape index (κ3) is 5.30. The first-order valence-corrected chi connectivity index (χ1v) is 11.6. The van der Waals surface area contributed by atoms with E-state index in [-0.39, 0.29) is 5.91 Å². The molecule has 2 aromatic heterocycles. The maximum absolute atomic E-state index is 12.5. The molecular formula is C22H26N4OS2. The Kier molecular flexibility index (Phi) is 6.40. The Morgan fingerprint density at radius 2 is 1.90 bits per heavy atom. The van der Waals surface area contributed by atoms with E-state index in [1.165, 1.54) is 4.88 Å². The Hall–Kier alpha value is -2.06. The Balaban J connectivity index is 1.24. The Labute approximate surface area is 180 Å². The summed E-state index contributed by atoms with van der Waals surface area (Å²) in [5, 5.41) is 8.46.